The molecule has 6 heteroatoms. The molecule has 1 atom stereocenters. The molecule has 1 aliphatic heterocycles. The Morgan fingerprint density at radius 1 is 1.18 bits per heavy atom. The molecule has 148 valence electrons. The lowest BCUT2D eigenvalue weighted by molar-refractivity contribution is -0.165. The van der Waals surface area contributed by atoms with Gasteiger partial charge in [0, 0.05) is 38.3 Å². The molecule has 1 fully saturated rings. The molecule has 1 aromatic heterocycles. The molecule has 1 aromatic carbocycles. The highest BCUT2D eigenvalue weighted by Crippen LogP contribution is 2.30. The fourth-order valence-electron chi connectivity index (χ4n) is 3.66. The van der Waals surface area contributed by atoms with Gasteiger partial charge in [-0.2, -0.15) is 0 Å². The van der Waals surface area contributed by atoms with Crippen LogP contribution in [0.3, 0.4) is 0 Å². The molecule has 1 N–H and O–H groups in total. The number of hydrogen-bond donors (Lipinski definition) is 1. The van der Waals surface area contributed by atoms with Crippen LogP contribution in [0.5, 0.6) is 0 Å². The van der Waals surface area contributed by atoms with Gasteiger partial charge in [-0.1, -0.05) is 31.2 Å². The Hall–Kier alpha value is -2.73. The molecule has 28 heavy (non-hydrogen) atoms. The number of carbonyl (C=O) groups is 2. The number of nitrogens with one attached hydrogen (secondary N) is 1. The van der Waals surface area contributed by atoms with Gasteiger partial charge < -0.3 is 15.0 Å². The van der Waals surface area contributed by atoms with Crippen LogP contribution in [0.4, 0.5) is 0 Å². The van der Waals surface area contributed by atoms with E-state index in [4.69, 9.17) is 4.74 Å². The van der Waals surface area contributed by atoms with E-state index in [1.165, 1.54) is 0 Å². The highest BCUT2D eigenvalue weighted by molar-refractivity contribution is 5.87. The maximum absolute atomic E-state index is 13.0. The summed E-state index contributed by atoms with van der Waals surface area (Å²) in [6.45, 7) is 5.35. The predicted octanol–water partition coefficient (Wildman–Crippen LogP) is 2.43. The number of benzene rings is 1. The number of hydrogen-bond acceptors (Lipinski definition) is 4. The number of pyridine rings is 1. The van der Waals surface area contributed by atoms with Crippen LogP contribution in [-0.2, 0) is 20.7 Å². The maximum atomic E-state index is 13.0. The van der Waals surface area contributed by atoms with Crippen molar-refractivity contribution in [2.75, 3.05) is 26.2 Å². The number of amides is 2. The van der Waals surface area contributed by atoms with Crippen LogP contribution < -0.4 is 5.32 Å². The van der Waals surface area contributed by atoms with Gasteiger partial charge in [0.05, 0.1) is 13.2 Å². The molecule has 0 aliphatic carbocycles. The van der Waals surface area contributed by atoms with Crippen LogP contribution in [0.15, 0.2) is 48.8 Å². The molecule has 2 amide bonds. The van der Waals surface area contributed by atoms with Gasteiger partial charge in [-0.05, 0) is 35.7 Å². The van der Waals surface area contributed by atoms with E-state index in [1.54, 1.807) is 17.3 Å². The van der Waals surface area contributed by atoms with Crippen LogP contribution in [0.2, 0.25) is 0 Å². The molecule has 3 rings (SSSR count). The lowest BCUT2D eigenvalue weighted by Crippen LogP contribution is -2.62. The summed E-state index contributed by atoms with van der Waals surface area (Å²) in [7, 11) is 0. The zero-order valence-corrected chi connectivity index (χ0v) is 16.5. The average Bonchev–Trinajstić information content (AvgIpc) is 2.74. The molecular formula is C22H27N3O3. The average molecular weight is 381 g/mol. The first kappa shape index (κ1) is 20.0. The summed E-state index contributed by atoms with van der Waals surface area (Å²) in [5.41, 5.74) is 1.98. The van der Waals surface area contributed by atoms with Gasteiger partial charge in [-0.15, -0.1) is 0 Å². The molecule has 0 spiro atoms. The minimum atomic E-state index is -1.10. The van der Waals surface area contributed by atoms with Gasteiger partial charge in [0.15, 0.2) is 5.60 Å². The van der Waals surface area contributed by atoms with E-state index in [2.05, 4.69) is 10.3 Å². The number of aromatic nitrogens is 1. The van der Waals surface area contributed by atoms with Crippen molar-refractivity contribution in [2.45, 2.75) is 32.3 Å². The second kappa shape index (κ2) is 8.97. The van der Waals surface area contributed by atoms with Gasteiger partial charge in [-0.25, -0.2) is 0 Å². The highest BCUT2D eigenvalue weighted by Gasteiger charge is 2.45. The fraction of sp³-hybridized carbons (Fsp3) is 0.409. The Morgan fingerprint density at radius 2 is 1.93 bits per heavy atom. The Kier molecular flexibility index (Phi) is 6.41. The topological polar surface area (TPSA) is 71.5 Å². The first-order chi connectivity index (χ1) is 13.6. The third-order valence-electron chi connectivity index (χ3n) is 5.08. The van der Waals surface area contributed by atoms with E-state index < -0.39 is 5.60 Å². The van der Waals surface area contributed by atoms with Gasteiger partial charge in [0.25, 0.3) is 5.91 Å². The Balaban J connectivity index is 1.97. The lowest BCUT2D eigenvalue weighted by atomic mass is 9.87. The molecule has 2 aromatic rings. The monoisotopic (exact) mass is 381 g/mol. The van der Waals surface area contributed by atoms with Gasteiger partial charge in [-0.3, -0.25) is 14.6 Å². The first-order valence-corrected chi connectivity index (χ1v) is 9.78. The molecule has 1 aliphatic rings. The zero-order chi connectivity index (χ0) is 20.0. The maximum Gasteiger partial charge on any atom is 0.254 e. The molecule has 0 bridgehead atoms. The Bertz CT molecular complexity index is 825. The van der Waals surface area contributed by atoms with Crippen molar-refractivity contribution in [3.05, 3.63) is 54.4 Å². The van der Waals surface area contributed by atoms with Gasteiger partial charge >= 0.3 is 0 Å². The summed E-state index contributed by atoms with van der Waals surface area (Å²) in [4.78, 5) is 31.2. The molecule has 0 saturated carbocycles. The summed E-state index contributed by atoms with van der Waals surface area (Å²) in [6.07, 6.45) is 4.32. The Morgan fingerprint density at radius 3 is 2.64 bits per heavy atom. The SMILES string of the molecule is CCNC(=O)[C@]1(Cc2ccccc2-c2ccncc2)CN(C(=O)CC)CCO1. The standard InChI is InChI=1S/C22H27N3O3/c1-3-20(26)25-13-14-28-22(16-25,21(27)24-4-2)15-18-7-5-6-8-19(18)17-9-11-23-12-10-17/h5-12H,3-4,13-16H2,1-2H3,(H,24,27)/t22-/m0/s1. The quantitative estimate of drug-likeness (QED) is 0.834. The van der Waals surface area contributed by atoms with Gasteiger partial charge in [0.2, 0.25) is 5.91 Å². The van der Waals surface area contributed by atoms with E-state index in [0.29, 0.717) is 32.5 Å². The van der Waals surface area contributed by atoms with E-state index in [-0.39, 0.29) is 18.4 Å². The van der Waals surface area contributed by atoms with Gasteiger partial charge in [0.1, 0.15) is 0 Å². The number of morpholine rings is 1. The first-order valence-electron chi connectivity index (χ1n) is 9.78. The molecule has 0 unspecified atom stereocenters. The van der Waals surface area contributed by atoms with Crippen LogP contribution in [0.1, 0.15) is 25.8 Å². The Labute approximate surface area is 165 Å². The summed E-state index contributed by atoms with van der Waals surface area (Å²) >= 11 is 0. The largest absolute Gasteiger partial charge is 0.361 e. The van der Waals surface area contributed by atoms with Crippen LogP contribution in [0, 0.1) is 0 Å². The third kappa shape index (κ3) is 4.22. The van der Waals surface area contributed by atoms with E-state index in [0.717, 1.165) is 16.7 Å². The summed E-state index contributed by atoms with van der Waals surface area (Å²) in [5, 5.41) is 2.90. The van der Waals surface area contributed by atoms with Crippen molar-refractivity contribution < 1.29 is 14.3 Å². The molecule has 6 nitrogen and oxygen atoms in total. The minimum absolute atomic E-state index is 0.0411. The molecule has 2 heterocycles. The van der Waals surface area contributed by atoms with Crippen LogP contribution in [-0.4, -0.2) is 53.5 Å². The summed E-state index contributed by atoms with van der Waals surface area (Å²) in [5.74, 6) is -0.132. The second-order valence-electron chi connectivity index (χ2n) is 6.94. The van der Waals surface area contributed by atoms with E-state index in [1.807, 2.05) is 50.2 Å². The number of rotatable bonds is 6. The molecule has 0 radical (unpaired) electrons. The fourth-order valence-corrected chi connectivity index (χ4v) is 3.66. The van der Waals surface area contributed by atoms with Crippen molar-refractivity contribution in [1.29, 1.82) is 0 Å². The number of likely N-dealkylation sites (N-methyl/N-ethyl adjacent to an activating group) is 1. The van der Waals surface area contributed by atoms with Crippen LogP contribution in [0.25, 0.3) is 11.1 Å². The third-order valence-corrected chi connectivity index (χ3v) is 5.08. The van der Waals surface area contributed by atoms with E-state index >= 15 is 0 Å². The van der Waals surface area contributed by atoms with Crippen LogP contribution >= 0.6 is 0 Å². The smallest absolute Gasteiger partial charge is 0.254 e. The van der Waals surface area contributed by atoms with Crippen molar-refractivity contribution in [2.24, 2.45) is 0 Å². The number of ether oxygens (including phenoxy) is 1. The normalized spacial score (nSPS) is 19.3. The number of carbonyl (C=O) groups excluding carboxylic acids is 2. The lowest BCUT2D eigenvalue weighted by Gasteiger charge is -2.42. The molecule has 1 saturated heterocycles. The summed E-state index contributed by atoms with van der Waals surface area (Å²) < 4.78 is 6.08. The highest BCUT2D eigenvalue weighted by atomic mass is 16.5. The van der Waals surface area contributed by atoms with Crippen molar-refractivity contribution in [3.63, 3.8) is 0 Å². The summed E-state index contributed by atoms with van der Waals surface area (Å²) in [6, 6.07) is 11.9. The minimum Gasteiger partial charge on any atom is -0.361 e. The van der Waals surface area contributed by atoms with Crippen molar-refractivity contribution in [1.82, 2.24) is 15.2 Å². The molecular weight excluding hydrogens is 354 g/mol. The van der Waals surface area contributed by atoms with Crippen molar-refractivity contribution >= 4 is 11.8 Å². The zero-order valence-electron chi connectivity index (χ0n) is 16.5. The number of nitrogens with zero attached hydrogens (tertiary/aromatic N) is 2. The predicted molar refractivity (Wildman–Crippen MR) is 108 cm³/mol. The van der Waals surface area contributed by atoms with Crippen molar-refractivity contribution in [3.8, 4) is 11.1 Å². The second-order valence-corrected chi connectivity index (χ2v) is 6.94. The van der Waals surface area contributed by atoms with E-state index in [9.17, 15) is 9.59 Å².